The summed E-state index contributed by atoms with van der Waals surface area (Å²) in [5, 5.41) is 3.65. The van der Waals surface area contributed by atoms with E-state index < -0.39 is 12.1 Å². The Morgan fingerprint density at radius 2 is 2.03 bits per heavy atom. The molecule has 0 aliphatic heterocycles. The lowest BCUT2D eigenvalue weighted by Crippen LogP contribution is -2.36. The average molecular weight is 395 g/mol. The van der Waals surface area contributed by atoms with Crippen molar-refractivity contribution >= 4 is 22.8 Å². The lowest BCUT2D eigenvalue weighted by atomic mass is 9.97. The van der Waals surface area contributed by atoms with Gasteiger partial charge in [0.15, 0.2) is 6.10 Å². The molecule has 1 heterocycles. The van der Waals surface area contributed by atoms with E-state index in [1.807, 2.05) is 38.1 Å². The van der Waals surface area contributed by atoms with Crippen LogP contribution in [0.15, 0.2) is 35.9 Å². The van der Waals surface area contributed by atoms with E-state index in [0.29, 0.717) is 12.1 Å². The Bertz CT molecular complexity index is 933. The summed E-state index contributed by atoms with van der Waals surface area (Å²) in [6.07, 6.45) is 7.76. The van der Waals surface area contributed by atoms with Crippen LogP contribution in [0.3, 0.4) is 0 Å². The van der Waals surface area contributed by atoms with E-state index in [4.69, 9.17) is 4.74 Å². The zero-order valence-corrected chi connectivity index (χ0v) is 17.6. The monoisotopic (exact) mass is 394 g/mol. The molecule has 1 aromatic heterocycles. The SMILES string of the molecule is CCc1nc2ccccc2c(C(=O)O[C@H](C)C(=O)NCCC2=CCCCC2)c1C. The molecule has 0 spiro atoms. The number of esters is 1. The first-order valence-electron chi connectivity index (χ1n) is 10.6. The molecule has 0 fully saturated rings. The third-order valence-electron chi connectivity index (χ3n) is 5.56. The zero-order chi connectivity index (χ0) is 20.8. The van der Waals surface area contributed by atoms with E-state index in [1.165, 1.54) is 18.4 Å². The molecule has 3 rings (SSSR count). The standard InChI is InChI=1S/C24H30N2O3/c1-4-20-16(2)22(19-12-8-9-13-21(19)26-20)24(28)29-17(3)23(27)25-15-14-18-10-6-5-7-11-18/h8-10,12-13,17H,4-7,11,14-15H2,1-3H3,(H,25,27)/t17-/m1/s1. The number of carbonyl (C=O) groups excluding carboxylic acids is 2. The van der Waals surface area contributed by atoms with Crippen LogP contribution in [0.25, 0.3) is 10.9 Å². The van der Waals surface area contributed by atoms with Crippen LogP contribution in [0.5, 0.6) is 0 Å². The van der Waals surface area contributed by atoms with Gasteiger partial charge in [-0.15, -0.1) is 0 Å². The Morgan fingerprint density at radius 3 is 2.76 bits per heavy atom. The number of hydrogen-bond donors (Lipinski definition) is 1. The topological polar surface area (TPSA) is 68.3 Å². The number of nitrogens with one attached hydrogen (secondary N) is 1. The fourth-order valence-electron chi connectivity index (χ4n) is 3.86. The van der Waals surface area contributed by atoms with Gasteiger partial charge < -0.3 is 10.1 Å². The molecule has 1 atom stereocenters. The Morgan fingerprint density at radius 1 is 1.24 bits per heavy atom. The van der Waals surface area contributed by atoms with Gasteiger partial charge in [0.1, 0.15) is 0 Å². The van der Waals surface area contributed by atoms with Gasteiger partial charge in [0.25, 0.3) is 5.91 Å². The van der Waals surface area contributed by atoms with Gasteiger partial charge in [-0.25, -0.2) is 4.79 Å². The first kappa shape index (κ1) is 21.0. The molecule has 0 saturated heterocycles. The minimum atomic E-state index is -0.848. The van der Waals surface area contributed by atoms with Gasteiger partial charge in [-0.05, 0) is 64.0 Å². The summed E-state index contributed by atoms with van der Waals surface area (Å²) < 4.78 is 5.54. The van der Waals surface area contributed by atoms with E-state index in [1.54, 1.807) is 6.92 Å². The number of ether oxygens (including phenoxy) is 1. The number of para-hydroxylation sites is 1. The first-order valence-corrected chi connectivity index (χ1v) is 10.6. The second kappa shape index (κ2) is 9.68. The molecule has 154 valence electrons. The van der Waals surface area contributed by atoms with Gasteiger partial charge in [0, 0.05) is 17.6 Å². The molecule has 5 heteroatoms. The molecular weight excluding hydrogens is 364 g/mol. The Kier molecular flexibility index (Phi) is 7.02. The first-order chi connectivity index (χ1) is 14.0. The summed E-state index contributed by atoms with van der Waals surface area (Å²) >= 11 is 0. The highest BCUT2D eigenvalue weighted by Gasteiger charge is 2.23. The molecule has 0 bridgehead atoms. The molecule has 0 saturated carbocycles. The van der Waals surface area contributed by atoms with Crippen LogP contribution in [0, 0.1) is 6.92 Å². The molecule has 0 unspecified atom stereocenters. The van der Waals surface area contributed by atoms with E-state index in [0.717, 1.165) is 47.8 Å². The lowest BCUT2D eigenvalue weighted by Gasteiger charge is -2.17. The lowest BCUT2D eigenvalue weighted by molar-refractivity contribution is -0.129. The largest absolute Gasteiger partial charge is 0.449 e. The number of fused-ring (bicyclic) bond motifs is 1. The van der Waals surface area contributed by atoms with Crippen molar-refractivity contribution in [2.24, 2.45) is 0 Å². The highest BCUT2D eigenvalue weighted by atomic mass is 16.5. The predicted molar refractivity (Wildman–Crippen MR) is 115 cm³/mol. The van der Waals surface area contributed by atoms with Gasteiger partial charge in [-0.3, -0.25) is 9.78 Å². The highest BCUT2D eigenvalue weighted by Crippen LogP contribution is 2.25. The van der Waals surface area contributed by atoms with Gasteiger partial charge in [0.2, 0.25) is 0 Å². The van der Waals surface area contributed by atoms with Crippen LogP contribution in [-0.2, 0) is 16.0 Å². The summed E-state index contributed by atoms with van der Waals surface area (Å²) in [5.41, 5.74) is 4.35. The number of aryl methyl sites for hydroxylation is 1. The van der Waals surface area contributed by atoms with Gasteiger partial charge in [-0.2, -0.15) is 0 Å². The molecular formula is C24H30N2O3. The van der Waals surface area contributed by atoms with Crippen LogP contribution in [0.4, 0.5) is 0 Å². The number of aromatic nitrogens is 1. The number of amides is 1. The number of rotatable bonds is 7. The predicted octanol–water partition coefficient (Wildman–Crippen LogP) is 4.66. The quantitative estimate of drug-likeness (QED) is 0.548. The number of allylic oxidation sites excluding steroid dienone is 1. The van der Waals surface area contributed by atoms with Gasteiger partial charge in [0.05, 0.1) is 11.1 Å². The number of pyridine rings is 1. The maximum absolute atomic E-state index is 12.9. The van der Waals surface area contributed by atoms with Crippen LogP contribution in [0.1, 0.15) is 67.6 Å². The molecule has 29 heavy (non-hydrogen) atoms. The minimum absolute atomic E-state index is 0.263. The fourth-order valence-corrected chi connectivity index (χ4v) is 3.86. The van der Waals surface area contributed by atoms with Crippen LogP contribution < -0.4 is 5.32 Å². The van der Waals surface area contributed by atoms with Crippen molar-refractivity contribution in [1.29, 1.82) is 0 Å². The Labute approximate surface area is 172 Å². The fraction of sp³-hybridized carbons (Fsp3) is 0.458. The second-order valence-corrected chi connectivity index (χ2v) is 7.63. The highest BCUT2D eigenvalue weighted by molar-refractivity contribution is 6.05. The number of nitrogens with zero attached hydrogens (tertiary/aromatic N) is 1. The average Bonchev–Trinajstić information content (AvgIpc) is 2.73. The van der Waals surface area contributed by atoms with E-state index in [2.05, 4.69) is 16.4 Å². The van der Waals surface area contributed by atoms with Crippen LogP contribution in [0.2, 0.25) is 0 Å². The maximum Gasteiger partial charge on any atom is 0.339 e. The number of hydrogen-bond acceptors (Lipinski definition) is 4. The van der Waals surface area contributed by atoms with Crippen molar-refractivity contribution in [3.8, 4) is 0 Å². The Balaban J connectivity index is 1.67. The third kappa shape index (κ3) is 5.03. The minimum Gasteiger partial charge on any atom is -0.449 e. The number of carbonyl (C=O) groups is 2. The van der Waals surface area contributed by atoms with Crippen molar-refractivity contribution in [1.82, 2.24) is 10.3 Å². The van der Waals surface area contributed by atoms with Crippen molar-refractivity contribution < 1.29 is 14.3 Å². The van der Waals surface area contributed by atoms with Gasteiger partial charge in [-0.1, -0.05) is 36.8 Å². The smallest absolute Gasteiger partial charge is 0.339 e. The number of benzene rings is 1. The van der Waals surface area contributed by atoms with Gasteiger partial charge >= 0.3 is 5.97 Å². The van der Waals surface area contributed by atoms with Crippen LogP contribution >= 0.6 is 0 Å². The molecule has 0 radical (unpaired) electrons. The molecule has 1 N–H and O–H groups in total. The molecule has 2 aromatic rings. The maximum atomic E-state index is 12.9. The molecule has 5 nitrogen and oxygen atoms in total. The molecule has 1 aromatic carbocycles. The Hall–Kier alpha value is -2.69. The van der Waals surface area contributed by atoms with Crippen molar-refractivity contribution in [3.63, 3.8) is 0 Å². The van der Waals surface area contributed by atoms with Crippen molar-refractivity contribution in [2.45, 2.75) is 65.4 Å². The zero-order valence-electron chi connectivity index (χ0n) is 17.6. The molecule has 1 aliphatic carbocycles. The summed E-state index contributed by atoms with van der Waals surface area (Å²) in [4.78, 5) is 30.0. The summed E-state index contributed by atoms with van der Waals surface area (Å²) in [6, 6.07) is 7.54. The van der Waals surface area contributed by atoms with E-state index >= 15 is 0 Å². The van der Waals surface area contributed by atoms with Crippen molar-refractivity contribution in [3.05, 3.63) is 52.7 Å². The molecule has 1 aliphatic rings. The van der Waals surface area contributed by atoms with E-state index in [-0.39, 0.29) is 5.91 Å². The summed E-state index contributed by atoms with van der Waals surface area (Å²) in [7, 11) is 0. The van der Waals surface area contributed by atoms with Crippen molar-refractivity contribution in [2.75, 3.05) is 6.54 Å². The summed E-state index contributed by atoms with van der Waals surface area (Å²) in [5.74, 6) is -0.741. The normalized spacial score (nSPS) is 14.9. The summed E-state index contributed by atoms with van der Waals surface area (Å²) in [6.45, 7) is 6.09. The third-order valence-corrected chi connectivity index (χ3v) is 5.56. The molecule has 1 amide bonds. The van der Waals surface area contributed by atoms with E-state index in [9.17, 15) is 9.59 Å². The second-order valence-electron chi connectivity index (χ2n) is 7.63. The van der Waals surface area contributed by atoms with Crippen LogP contribution in [-0.4, -0.2) is 29.5 Å².